The second-order valence-electron chi connectivity index (χ2n) is 4.24. The van der Waals surface area contributed by atoms with Gasteiger partial charge in [0.2, 0.25) is 0 Å². The van der Waals surface area contributed by atoms with E-state index < -0.39 is 5.97 Å². The molecule has 0 bridgehead atoms. The summed E-state index contributed by atoms with van der Waals surface area (Å²) < 4.78 is 0. The van der Waals surface area contributed by atoms with Crippen molar-refractivity contribution in [2.45, 2.75) is 6.92 Å². The van der Waals surface area contributed by atoms with Crippen molar-refractivity contribution >= 4 is 17.0 Å². The van der Waals surface area contributed by atoms with Crippen LogP contribution in [-0.4, -0.2) is 26.0 Å². The van der Waals surface area contributed by atoms with Crippen molar-refractivity contribution in [1.82, 2.24) is 15.0 Å². The normalized spacial score (nSPS) is 10.8. The predicted molar refractivity (Wildman–Crippen MR) is 71.0 cm³/mol. The van der Waals surface area contributed by atoms with Gasteiger partial charge in [-0.2, -0.15) is 0 Å². The summed E-state index contributed by atoms with van der Waals surface area (Å²) in [5, 5.41) is 9.75. The highest BCUT2D eigenvalue weighted by Crippen LogP contribution is 2.26. The van der Waals surface area contributed by atoms with E-state index in [4.69, 9.17) is 5.11 Å². The molecule has 19 heavy (non-hydrogen) atoms. The summed E-state index contributed by atoms with van der Waals surface area (Å²) in [6, 6.07) is 11.2. The van der Waals surface area contributed by atoms with E-state index in [1.54, 1.807) is 13.0 Å². The van der Waals surface area contributed by atoms with Crippen LogP contribution in [0.5, 0.6) is 0 Å². The van der Waals surface area contributed by atoms with Crippen LogP contribution < -0.4 is 0 Å². The van der Waals surface area contributed by atoms with Gasteiger partial charge in [-0.05, 0) is 13.0 Å². The Morgan fingerprint density at radius 2 is 1.95 bits per heavy atom. The molecule has 0 aliphatic rings. The fourth-order valence-electron chi connectivity index (χ4n) is 2.05. The molecule has 0 aliphatic heterocycles. The molecule has 0 spiro atoms. The van der Waals surface area contributed by atoms with Gasteiger partial charge in [0.25, 0.3) is 0 Å². The third-order valence-electron chi connectivity index (χ3n) is 2.88. The Bertz CT molecular complexity index is 763. The van der Waals surface area contributed by atoms with Crippen molar-refractivity contribution in [3.63, 3.8) is 0 Å². The molecule has 2 heterocycles. The van der Waals surface area contributed by atoms with Gasteiger partial charge in [-0.25, -0.2) is 14.8 Å². The smallest absolute Gasteiger partial charge is 0.352 e. The first-order chi connectivity index (χ1) is 9.15. The number of aromatic nitrogens is 3. The Morgan fingerprint density at radius 1 is 1.21 bits per heavy atom. The maximum absolute atomic E-state index is 11.0. The van der Waals surface area contributed by atoms with Gasteiger partial charge in [0, 0.05) is 10.9 Å². The lowest BCUT2D eigenvalue weighted by Gasteiger charge is -2.03. The number of hydrogen-bond acceptors (Lipinski definition) is 3. The number of aromatic amines is 1. The van der Waals surface area contributed by atoms with E-state index in [-0.39, 0.29) is 5.69 Å². The van der Waals surface area contributed by atoms with E-state index in [1.807, 2.05) is 30.3 Å². The molecular formula is C14H11N3O2. The summed E-state index contributed by atoms with van der Waals surface area (Å²) in [6.07, 6.45) is 0. The average molecular weight is 253 g/mol. The first-order valence-electron chi connectivity index (χ1n) is 5.81. The lowest BCUT2D eigenvalue weighted by molar-refractivity contribution is 0.0691. The van der Waals surface area contributed by atoms with Crippen molar-refractivity contribution < 1.29 is 9.90 Å². The zero-order valence-corrected chi connectivity index (χ0v) is 10.2. The maximum atomic E-state index is 11.0. The van der Waals surface area contributed by atoms with Crippen LogP contribution in [0.3, 0.4) is 0 Å². The van der Waals surface area contributed by atoms with Crippen molar-refractivity contribution in [2.75, 3.05) is 0 Å². The molecule has 3 rings (SSSR count). The highest BCUT2D eigenvalue weighted by molar-refractivity contribution is 5.98. The molecule has 3 aromatic rings. The fourth-order valence-corrected chi connectivity index (χ4v) is 2.05. The molecule has 2 N–H and O–H groups in total. The molecule has 0 amide bonds. The summed E-state index contributed by atoms with van der Waals surface area (Å²) in [7, 11) is 0. The number of nitrogens with one attached hydrogen (secondary N) is 1. The molecule has 5 heteroatoms. The second-order valence-corrected chi connectivity index (χ2v) is 4.24. The molecule has 0 fully saturated rings. The Hall–Kier alpha value is -2.69. The number of aryl methyl sites for hydroxylation is 1. The molecule has 5 nitrogen and oxygen atoms in total. The molecule has 2 aromatic heterocycles. The van der Waals surface area contributed by atoms with Gasteiger partial charge < -0.3 is 10.1 Å². The number of hydrogen-bond donors (Lipinski definition) is 2. The highest BCUT2D eigenvalue weighted by atomic mass is 16.4. The minimum absolute atomic E-state index is 0.118. The first-order valence-corrected chi connectivity index (χ1v) is 5.81. The topological polar surface area (TPSA) is 78.9 Å². The van der Waals surface area contributed by atoms with E-state index in [0.29, 0.717) is 16.9 Å². The van der Waals surface area contributed by atoms with Crippen LogP contribution in [-0.2, 0) is 0 Å². The number of H-pyrrole nitrogens is 1. The molecule has 0 unspecified atom stereocenters. The lowest BCUT2D eigenvalue weighted by atomic mass is 10.1. The minimum Gasteiger partial charge on any atom is -0.477 e. The van der Waals surface area contributed by atoms with Crippen LogP contribution in [0, 0.1) is 6.92 Å². The number of rotatable bonds is 2. The molecule has 1 aromatic carbocycles. The van der Waals surface area contributed by atoms with Gasteiger partial charge >= 0.3 is 5.97 Å². The molecule has 0 radical (unpaired) electrons. The molecular weight excluding hydrogens is 242 g/mol. The number of benzene rings is 1. The fraction of sp³-hybridized carbons (Fsp3) is 0.0714. The van der Waals surface area contributed by atoms with E-state index >= 15 is 0 Å². The Labute approximate surface area is 109 Å². The molecule has 0 atom stereocenters. The monoisotopic (exact) mass is 253 g/mol. The number of carboxylic acids is 1. The van der Waals surface area contributed by atoms with Crippen LogP contribution in [0.2, 0.25) is 0 Å². The summed E-state index contributed by atoms with van der Waals surface area (Å²) in [5.41, 5.74) is 2.34. The largest absolute Gasteiger partial charge is 0.477 e. The van der Waals surface area contributed by atoms with Crippen LogP contribution >= 0.6 is 0 Å². The van der Waals surface area contributed by atoms with Crippen LogP contribution in [0.25, 0.3) is 22.3 Å². The summed E-state index contributed by atoms with van der Waals surface area (Å²) in [4.78, 5) is 22.5. The van der Waals surface area contributed by atoms with Crippen molar-refractivity contribution in [3.05, 3.63) is 47.9 Å². The lowest BCUT2D eigenvalue weighted by Crippen LogP contribution is -1.95. The second kappa shape index (κ2) is 4.20. The predicted octanol–water partition coefficient (Wildman–Crippen LogP) is 2.63. The van der Waals surface area contributed by atoms with E-state index in [1.165, 1.54) is 0 Å². The average Bonchev–Trinajstić information content (AvgIpc) is 2.82. The third kappa shape index (κ3) is 1.95. The standard InChI is InChI=1S/C14H11N3O2/c1-8-15-12(9-5-3-2-4-6-9)10-7-11(14(18)19)17-13(10)16-8/h2-7H,1H3,(H,18,19)(H,15,16,17). The van der Waals surface area contributed by atoms with Crippen LogP contribution in [0.15, 0.2) is 36.4 Å². The zero-order chi connectivity index (χ0) is 13.4. The van der Waals surface area contributed by atoms with Crippen molar-refractivity contribution in [2.24, 2.45) is 0 Å². The molecule has 0 aliphatic carbocycles. The summed E-state index contributed by atoms with van der Waals surface area (Å²) >= 11 is 0. The maximum Gasteiger partial charge on any atom is 0.352 e. The van der Waals surface area contributed by atoms with E-state index in [0.717, 1.165) is 11.3 Å². The van der Waals surface area contributed by atoms with E-state index in [9.17, 15) is 4.79 Å². The Kier molecular flexibility index (Phi) is 2.52. The molecule has 94 valence electrons. The molecule has 0 saturated carbocycles. The minimum atomic E-state index is -1.00. The number of carboxylic acid groups (broad SMARTS) is 1. The van der Waals surface area contributed by atoms with Gasteiger partial charge in [-0.15, -0.1) is 0 Å². The number of fused-ring (bicyclic) bond motifs is 1. The Balaban J connectivity index is 2.32. The van der Waals surface area contributed by atoms with Gasteiger partial charge in [0.15, 0.2) is 0 Å². The van der Waals surface area contributed by atoms with Crippen molar-refractivity contribution in [1.29, 1.82) is 0 Å². The highest BCUT2D eigenvalue weighted by Gasteiger charge is 2.14. The van der Waals surface area contributed by atoms with Gasteiger partial charge in [0.1, 0.15) is 17.2 Å². The number of nitrogens with zero attached hydrogens (tertiary/aromatic N) is 2. The number of aromatic carboxylic acids is 1. The SMILES string of the molecule is Cc1nc(-c2ccccc2)c2cc(C(=O)O)[nH]c2n1. The van der Waals surface area contributed by atoms with Gasteiger partial charge in [-0.1, -0.05) is 30.3 Å². The van der Waals surface area contributed by atoms with Gasteiger partial charge in [-0.3, -0.25) is 0 Å². The van der Waals surface area contributed by atoms with Crippen LogP contribution in [0.1, 0.15) is 16.3 Å². The van der Waals surface area contributed by atoms with Crippen LogP contribution in [0.4, 0.5) is 0 Å². The zero-order valence-electron chi connectivity index (χ0n) is 10.2. The van der Waals surface area contributed by atoms with Crippen molar-refractivity contribution in [3.8, 4) is 11.3 Å². The van der Waals surface area contributed by atoms with Gasteiger partial charge in [0.05, 0.1) is 5.69 Å². The summed E-state index contributed by atoms with van der Waals surface area (Å²) in [6.45, 7) is 1.78. The quantitative estimate of drug-likeness (QED) is 0.735. The molecule has 0 saturated heterocycles. The number of carbonyl (C=O) groups is 1. The Morgan fingerprint density at radius 3 is 2.63 bits per heavy atom. The third-order valence-corrected chi connectivity index (χ3v) is 2.88. The van der Waals surface area contributed by atoms with E-state index in [2.05, 4.69) is 15.0 Å². The first kappa shape index (κ1) is 11.4. The summed E-state index contributed by atoms with van der Waals surface area (Å²) in [5.74, 6) is -0.403.